The lowest BCUT2D eigenvalue weighted by Gasteiger charge is -2.48. The fraction of sp³-hybridized carbons (Fsp3) is 0.368. The van der Waals surface area contributed by atoms with E-state index in [9.17, 15) is 5.11 Å². The van der Waals surface area contributed by atoms with Gasteiger partial charge < -0.3 is 10.0 Å². The van der Waals surface area contributed by atoms with Crippen LogP contribution in [0.25, 0.3) is 0 Å². The van der Waals surface area contributed by atoms with Gasteiger partial charge in [-0.15, -0.1) is 12.4 Å². The first-order valence-corrected chi connectivity index (χ1v) is 7.33. The Morgan fingerprint density at radius 3 is 1.86 bits per heavy atom. The second kappa shape index (κ2) is 6.82. The van der Waals surface area contributed by atoms with Gasteiger partial charge in [-0.25, -0.2) is 0 Å². The molecular weight excluding hydrogens is 294 g/mol. The lowest BCUT2D eigenvalue weighted by Crippen LogP contribution is -2.57. The maximum absolute atomic E-state index is 11.8. The van der Waals surface area contributed by atoms with Gasteiger partial charge in [0.05, 0.1) is 5.54 Å². The Bertz CT molecular complexity index is 610. The van der Waals surface area contributed by atoms with Crippen molar-refractivity contribution in [3.05, 3.63) is 71.3 Å². The predicted molar refractivity (Wildman–Crippen MR) is 95.6 cm³/mol. The van der Waals surface area contributed by atoms with E-state index in [1.165, 1.54) is 0 Å². The van der Waals surface area contributed by atoms with Crippen molar-refractivity contribution in [1.82, 2.24) is 4.90 Å². The van der Waals surface area contributed by atoms with Crippen molar-refractivity contribution in [2.24, 2.45) is 0 Å². The van der Waals surface area contributed by atoms with Crippen molar-refractivity contribution in [1.29, 1.82) is 0 Å². The molecule has 0 saturated carbocycles. The highest BCUT2D eigenvalue weighted by Gasteiger charge is 2.48. The van der Waals surface area contributed by atoms with Crippen LogP contribution in [0.1, 0.15) is 30.5 Å². The van der Waals surface area contributed by atoms with Gasteiger partial charge in [-0.3, -0.25) is 0 Å². The summed E-state index contributed by atoms with van der Waals surface area (Å²) in [6.45, 7) is 6.20. The molecule has 0 aliphatic rings. The third kappa shape index (κ3) is 2.91. The Balaban J connectivity index is 0.00000242. The summed E-state index contributed by atoms with van der Waals surface area (Å²) >= 11 is 0. The molecule has 3 heteroatoms. The highest BCUT2D eigenvalue weighted by Crippen LogP contribution is 2.42. The van der Waals surface area contributed by atoms with Gasteiger partial charge in [0.1, 0.15) is 5.60 Å². The first kappa shape index (κ1) is 18.7. The first-order valence-electron chi connectivity index (χ1n) is 7.33. The zero-order chi connectivity index (χ0) is 15.7. The molecular formula is C19H26ClNO. The molecule has 0 heterocycles. The molecule has 2 aromatic rings. The van der Waals surface area contributed by atoms with Crippen LogP contribution in [0.15, 0.2) is 54.6 Å². The van der Waals surface area contributed by atoms with Crippen LogP contribution < -0.4 is 0 Å². The average molecular weight is 320 g/mol. The van der Waals surface area contributed by atoms with Crippen LogP contribution in [-0.2, 0) is 5.60 Å². The largest absolute Gasteiger partial charge is 0.378 e. The van der Waals surface area contributed by atoms with Crippen LogP contribution in [0.2, 0.25) is 0 Å². The topological polar surface area (TPSA) is 23.5 Å². The highest BCUT2D eigenvalue weighted by molar-refractivity contribution is 5.85. The molecule has 0 aromatic heterocycles. The Morgan fingerprint density at radius 1 is 0.864 bits per heavy atom. The van der Waals surface area contributed by atoms with E-state index in [2.05, 4.69) is 31.7 Å². The van der Waals surface area contributed by atoms with Gasteiger partial charge in [-0.2, -0.15) is 0 Å². The van der Waals surface area contributed by atoms with Gasteiger partial charge >= 0.3 is 0 Å². The molecule has 1 N–H and O–H groups in total. The Kier molecular flexibility index (Phi) is 5.80. The van der Waals surface area contributed by atoms with Crippen LogP contribution in [0.5, 0.6) is 0 Å². The molecule has 0 saturated heterocycles. The number of benzene rings is 2. The molecule has 1 unspecified atom stereocenters. The normalized spacial score (nSPS) is 14.3. The fourth-order valence-electron chi connectivity index (χ4n) is 2.82. The van der Waals surface area contributed by atoms with Gasteiger partial charge in [0.2, 0.25) is 0 Å². The van der Waals surface area contributed by atoms with E-state index in [4.69, 9.17) is 0 Å². The van der Waals surface area contributed by atoms with Gasteiger partial charge in [-0.1, -0.05) is 54.6 Å². The monoisotopic (exact) mass is 319 g/mol. The summed E-state index contributed by atoms with van der Waals surface area (Å²) in [5, 5.41) is 11.8. The quantitative estimate of drug-likeness (QED) is 0.921. The summed E-state index contributed by atoms with van der Waals surface area (Å²) in [5.74, 6) is 0. The minimum atomic E-state index is -1.08. The van der Waals surface area contributed by atoms with E-state index in [1.807, 2.05) is 62.6 Å². The van der Waals surface area contributed by atoms with Crippen LogP contribution in [0, 0.1) is 6.92 Å². The van der Waals surface area contributed by atoms with Gasteiger partial charge in [0.15, 0.2) is 0 Å². The zero-order valence-corrected chi connectivity index (χ0v) is 14.8. The summed E-state index contributed by atoms with van der Waals surface area (Å²) in [5.41, 5.74) is 1.43. The van der Waals surface area contributed by atoms with Crippen LogP contribution in [-0.4, -0.2) is 29.6 Å². The lowest BCUT2D eigenvalue weighted by molar-refractivity contribution is -0.0558. The van der Waals surface area contributed by atoms with Crippen molar-refractivity contribution in [2.45, 2.75) is 31.9 Å². The summed E-state index contributed by atoms with van der Waals surface area (Å²) in [6, 6.07) is 18.0. The standard InChI is InChI=1S/C19H25NO.ClH/c1-15-11-9-10-14-17(15)19(21,18(2,3)20(4)5)16-12-7-6-8-13-16;/h6-14,21H,1-5H3;1H. The predicted octanol–water partition coefficient (Wildman–Crippen LogP) is 3.99. The molecule has 2 aromatic carbocycles. The Labute approximate surface area is 140 Å². The molecule has 0 aliphatic carbocycles. The number of rotatable bonds is 4. The number of hydrogen-bond donors (Lipinski definition) is 1. The van der Waals surface area contributed by atoms with E-state index in [1.54, 1.807) is 0 Å². The van der Waals surface area contributed by atoms with E-state index < -0.39 is 11.1 Å². The number of halogens is 1. The molecule has 22 heavy (non-hydrogen) atoms. The van der Waals surface area contributed by atoms with Crippen molar-refractivity contribution in [3.8, 4) is 0 Å². The molecule has 0 amide bonds. The molecule has 0 bridgehead atoms. The second-order valence-corrected chi connectivity index (χ2v) is 6.34. The molecule has 0 radical (unpaired) electrons. The summed E-state index contributed by atoms with van der Waals surface area (Å²) < 4.78 is 0. The van der Waals surface area contributed by atoms with Gasteiger partial charge in [0.25, 0.3) is 0 Å². The summed E-state index contributed by atoms with van der Waals surface area (Å²) in [7, 11) is 4.01. The van der Waals surface area contributed by atoms with Crippen molar-refractivity contribution in [3.63, 3.8) is 0 Å². The van der Waals surface area contributed by atoms with Crippen LogP contribution in [0.3, 0.4) is 0 Å². The minimum Gasteiger partial charge on any atom is -0.378 e. The fourth-order valence-corrected chi connectivity index (χ4v) is 2.82. The average Bonchev–Trinajstić information content (AvgIpc) is 2.47. The molecule has 0 spiro atoms. The molecule has 2 nitrogen and oxygen atoms in total. The van der Waals surface area contributed by atoms with Crippen molar-refractivity contribution < 1.29 is 5.11 Å². The number of nitrogens with zero attached hydrogens (tertiary/aromatic N) is 1. The maximum Gasteiger partial charge on any atom is 0.133 e. The molecule has 0 fully saturated rings. The lowest BCUT2D eigenvalue weighted by atomic mass is 9.70. The number of likely N-dealkylation sites (N-methyl/N-ethyl adjacent to an activating group) is 1. The SMILES string of the molecule is Cc1ccccc1C(O)(c1ccccc1)C(C)(C)N(C)C.Cl. The third-order valence-corrected chi connectivity index (χ3v) is 4.73. The van der Waals surface area contributed by atoms with Crippen molar-refractivity contribution in [2.75, 3.05) is 14.1 Å². The highest BCUT2D eigenvalue weighted by atomic mass is 35.5. The molecule has 2 rings (SSSR count). The second-order valence-electron chi connectivity index (χ2n) is 6.34. The molecule has 120 valence electrons. The zero-order valence-electron chi connectivity index (χ0n) is 14.0. The maximum atomic E-state index is 11.8. The third-order valence-electron chi connectivity index (χ3n) is 4.73. The Hall–Kier alpha value is -1.35. The van der Waals surface area contributed by atoms with Gasteiger partial charge in [0, 0.05) is 0 Å². The number of aryl methyl sites for hydroxylation is 1. The van der Waals surface area contributed by atoms with E-state index in [0.717, 1.165) is 16.7 Å². The van der Waals surface area contributed by atoms with E-state index in [0.29, 0.717) is 0 Å². The van der Waals surface area contributed by atoms with E-state index >= 15 is 0 Å². The summed E-state index contributed by atoms with van der Waals surface area (Å²) in [4.78, 5) is 2.08. The van der Waals surface area contributed by atoms with Crippen molar-refractivity contribution >= 4 is 12.4 Å². The van der Waals surface area contributed by atoms with Gasteiger partial charge in [-0.05, 0) is 51.6 Å². The summed E-state index contributed by atoms with van der Waals surface area (Å²) in [6.07, 6.45) is 0. The molecule has 0 aliphatic heterocycles. The first-order chi connectivity index (χ1) is 9.81. The Morgan fingerprint density at radius 2 is 1.36 bits per heavy atom. The minimum absolute atomic E-state index is 0. The van der Waals surface area contributed by atoms with E-state index in [-0.39, 0.29) is 12.4 Å². The van der Waals surface area contributed by atoms with Crippen LogP contribution in [0.4, 0.5) is 0 Å². The molecule has 1 atom stereocenters. The van der Waals surface area contributed by atoms with Crippen LogP contribution >= 0.6 is 12.4 Å². The number of hydrogen-bond acceptors (Lipinski definition) is 2. The number of aliphatic hydroxyl groups is 1. The smallest absolute Gasteiger partial charge is 0.133 e.